The Kier molecular flexibility index (Phi) is 5.94. The molecule has 0 saturated heterocycles. The van der Waals surface area contributed by atoms with Crippen LogP contribution in [0.1, 0.15) is 13.8 Å². The van der Waals surface area contributed by atoms with Gasteiger partial charge in [0.2, 0.25) is 0 Å². The highest BCUT2D eigenvalue weighted by atomic mass is 19.1. The lowest BCUT2D eigenvalue weighted by molar-refractivity contribution is 0.0318. The van der Waals surface area contributed by atoms with E-state index in [0.29, 0.717) is 31.4 Å². The number of rotatable bonds is 7. The van der Waals surface area contributed by atoms with Gasteiger partial charge in [-0.3, -0.25) is 0 Å². The molecule has 96 valence electrons. The standard InChI is InChI=1S/C13H20FNO2/c1-10(2)8-17-9-13(16)7-15-12-5-3-4-11(14)6-12/h3-6,10,13,15-16H,7-9H2,1-2H3. The van der Waals surface area contributed by atoms with E-state index in [9.17, 15) is 9.50 Å². The summed E-state index contributed by atoms with van der Waals surface area (Å²) < 4.78 is 18.2. The van der Waals surface area contributed by atoms with Crippen LogP contribution in [0.2, 0.25) is 0 Å². The summed E-state index contributed by atoms with van der Waals surface area (Å²) in [5, 5.41) is 12.6. The molecule has 4 heteroatoms. The van der Waals surface area contributed by atoms with Crippen LogP contribution in [-0.2, 0) is 4.74 Å². The first kappa shape index (κ1) is 13.9. The van der Waals surface area contributed by atoms with Crippen molar-refractivity contribution in [3.8, 4) is 0 Å². The molecule has 3 nitrogen and oxygen atoms in total. The molecule has 1 unspecified atom stereocenters. The lowest BCUT2D eigenvalue weighted by atomic mass is 10.2. The second kappa shape index (κ2) is 7.25. The molecule has 1 aromatic carbocycles. The molecule has 0 fully saturated rings. The number of hydrogen-bond acceptors (Lipinski definition) is 3. The molecule has 0 aliphatic heterocycles. The molecule has 0 amide bonds. The highest BCUT2D eigenvalue weighted by Gasteiger charge is 2.05. The van der Waals surface area contributed by atoms with E-state index in [2.05, 4.69) is 19.2 Å². The average Bonchev–Trinajstić information content (AvgIpc) is 2.26. The summed E-state index contributed by atoms with van der Waals surface area (Å²) in [7, 11) is 0. The van der Waals surface area contributed by atoms with Crippen molar-refractivity contribution in [1.29, 1.82) is 0 Å². The van der Waals surface area contributed by atoms with Crippen LogP contribution in [0.25, 0.3) is 0 Å². The minimum Gasteiger partial charge on any atom is -0.389 e. The van der Waals surface area contributed by atoms with E-state index >= 15 is 0 Å². The highest BCUT2D eigenvalue weighted by molar-refractivity contribution is 5.43. The number of ether oxygens (including phenoxy) is 1. The fraction of sp³-hybridized carbons (Fsp3) is 0.538. The minimum atomic E-state index is -0.586. The van der Waals surface area contributed by atoms with Gasteiger partial charge in [-0.2, -0.15) is 0 Å². The van der Waals surface area contributed by atoms with Crippen LogP contribution in [0, 0.1) is 11.7 Å². The average molecular weight is 241 g/mol. The Balaban J connectivity index is 2.21. The first-order valence-corrected chi connectivity index (χ1v) is 5.83. The van der Waals surface area contributed by atoms with E-state index in [1.165, 1.54) is 12.1 Å². The molecule has 2 N–H and O–H groups in total. The number of aliphatic hydroxyl groups excluding tert-OH is 1. The summed E-state index contributed by atoms with van der Waals surface area (Å²) in [6, 6.07) is 6.15. The van der Waals surface area contributed by atoms with Gasteiger partial charge in [0, 0.05) is 18.8 Å². The van der Waals surface area contributed by atoms with Gasteiger partial charge in [0.05, 0.1) is 12.7 Å². The lowest BCUT2D eigenvalue weighted by Crippen LogP contribution is -2.25. The van der Waals surface area contributed by atoms with Crippen molar-refractivity contribution in [2.45, 2.75) is 20.0 Å². The second-order valence-electron chi connectivity index (χ2n) is 4.48. The van der Waals surface area contributed by atoms with Crippen molar-refractivity contribution in [1.82, 2.24) is 0 Å². The highest BCUT2D eigenvalue weighted by Crippen LogP contribution is 2.08. The van der Waals surface area contributed by atoms with Crippen LogP contribution in [0.5, 0.6) is 0 Å². The third-order valence-electron chi connectivity index (χ3n) is 2.13. The molecule has 0 aliphatic rings. The summed E-state index contributed by atoms with van der Waals surface area (Å²) in [5.41, 5.74) is 0.660. The lowest BCUT2D eigenvalue weighted by Gasteiger charge is -2.14. The summed E-state index contributed by atoms with van der Waals surface area (Å²) >= 11 is 0. The molecule has 0 bridgehead atoms. The summed E-state index contributed by atoms with van der Waals surface area (Å²) in [6.45, 7) is 5.38. The number of nitrogens with one attached hydrogen (secondary N) is 1. The third kappa shape index (κ3) is 6.24. The summed E-state index contributed by atoms with van der Waals surface area (Å²) in [4.78, 5) is 0. The maximum Gasteiger partial charge on any atom is 0.125 e. The maximum absolute atomic E-state index is 12.9. The zero-order valence-electron chi connectivity index (χ0n) is 10.3. The van der Waals surface area contributed by atoms with Crippen LogP contribution in [0.15, 0.2) is 24.3 Å². The molecule has 0 saturated carbocycles. The monoisotopic (exact) mass is 241 g/mol. The molecular formula is C13H20FNO2. The Bertz CT molecular complexity index is 331. The molecule has 1 rings (SSSR count). The number of benzene rings is 1. The molecule has 1 atom stereocenters. The number of anilines is 1. The first-order valence-electron chi connectivity index (χ1n) is 5.83. The predicted molar refractivity (Wildman–Crippen MR) is 66.6 cm³/mol. The van der Waals surface area contributed by atoms with Crippen molar-refractivity contribution in [3.63, 3.8) is 0 Å². The fourth-order valence-corrected chi connectivity index (χ4v) is 1.33. The van der Waals surface area contributed by atoms with Gasteiger partial charge in [0.1, 0.15) is 5.82 Å². The summed E-state index contributed by atoms with van der Waals surface area (Å²) in [6.07, 6.45) is -0.586. The van der Waals surface area contributed by atoms with E-state index in [1.807, 2.05) is 0 Å². The van der Waals surface area contributed by atoms with Crippen molar-refractivity contribution >= 4 is 5.69 Å². The predicted octanol–water partition coefficient (Wildman–Crippen LogP) is 2.27. The van der Waals surface area contributed by atoms with Crippen molar-refractivity contribution in [2.75, 3.05) is 25.1 Å². The quantitative estimate of drug-likeness (QED) is 0.769. The first-order chi connectivity index (χ1) is 8.08. The number of aliphatic hydroxyl groups is 1. The fourth-order valence-electron chi connectivity index (χ4n) is 1.33. The molecule has 0 heterocycles. The maximum atomic E-state index is 12.9. The van der Waals surface area contributed by atoms with Crippen molar-refractivity contribution in [2.24, 2.45) is 5.92 Å². The summed E-state index contributed by atoms with van der Waals surface area (Å²) in [5.74, 6) is 0.166. The Hall–Kier alpha value is -1.13. The van der Waals surface area contributed by atoms with Crippen molar-refractivity contribution in [3.05, 3.63) is 30.1 Å². The Morgan fingerprint density at radius 1 is 1.35 bits per heavy atom. The number of halogens is 1. The van der Waals surface area contributed by atoms with Crippen LogP contribution < -0.4 is 5.32 Å². The van der Waals surface area contributed by atoms with Crippen LogP contribution in [0.3, 0.4) is 0 Å². The van der Waals surface area contributed by atoms with E-state index in [-0.39, 0.29) is 5.82 Å². The Morgan fingerprint density at radius 3 is 2.76 bits per heavy atom. The Labute approximate surface area is 102 Å². The van der Waals surface area contributed by atoms with E-state index in [1.54, 1.807) is 12.1 Å². The topological polar surface area (TPSA) is 41.5 Å². The van der Waals surface area contributed by atoms with Gasteiger partial charge in [0.25, 0.3) is 0 Å². The SMILES string of the molecule is CC(C)COCC(O)CNc1cccc(F)c1. The minimum absolute atomic E-state index is 0.291. The van der Waals surface area contributed by atoms with Crippen LogP contribution in [0.4, 0.5) is 10.1 Å². The zero-order valence-corrected chi connectivity index (χ0v) is 10.3. The number of hydrogen-bond donors (Lipinski definition) is 2. The van der Waals surface area contributed by atoms with Gasteiger partial charge in [-0.15, -0.1) is 0 Å². The molecule has 1 aromatic rings. The van der Waals surface area contributed by atoms with E-state index < -0.39 is 6.10 Å². The van der Waals surface area contributed by atoms with Gasteiger partial charge < -0.3 is 15.2 Å². The van der Waals surface area contributed by atoms with Crippen molar-refractivity contribution < 1.29 is 14.2 Å². The van der Waals surface area contributed by atoms with Gasteiger partial charge in [-0.05, 0) is 24.1 Å². The molecular weight excluding hydrogens is 221 g/mol. The van der Waals surface area contributed by atoms with Gasteiger partial charge in [-0.25, -0.2) is 4.39 Å². The van der Waals surface area contributed by atoms with E-state index in [0.717, 1.165) is 0 Å². The second-order valence-corrected chi connectivity index (χ2v) is 4.48. The molecule has 0 aliphatic carbocycles. The largest absolute Gasteiger partial charge is 0.389 e. The van der Waals surface area contributed by atoms with Gasteiger partial charge in [0.15, 0.2) is 0 Å². The smallest absolute Gasteiger partial charge is 0.125 e. The Morgan fingerprint density at radius 2 is 2.12 bits per heavy atom. The van der Waals surface area contributed by atoms with Gasteiger partial charge in [-0.1, -0.05) is 19.9 Å². The molecule has 0 spiro atoms. The molecule has 17 heavy (non-hydrogen) atoms. The van der Waals surface area contributed by atoms with Gasteiger partial charge >= 0.3 is 0 Å². The molecule has 0 radical (unpaired) electrons. The third-order valence-corrected chi connectivity index (χ3v) is 2.13. The van der Waals surface area contributed by atoms with Crippen LogP contribution >= 0.6 is 0 Å². The zero-order chi connectivity index (χ0) is 12.7. The normalized spacial score (nSPS) is 12.8. The van der Waals surface area contributed by atoms with E-state index in [4.69, 9.17) is 4.74 Å². The molecule has 0 aromatic heterocycles. The van der Waals surface area contributed by atoms with Crippen LogP contribution in [-0.4, -0.2) is 31.0 Å².